The molecule has 3 N–H and O–H groups in total. The van der Waals surface area contributed by atoms with E-state index in [9.17, 15) is 9.59 Å². The third-order valence-corrected chi connectivity index (χ3v) is 2.42. The van der Waals surface area contributed by atoms with Crippen LogP contribution in [0.1, 0.15) is 5.56 Å². The number of hydrogen-bond donors (Lipinski definition) is 2. The Hall–Kier alpha value is -2.09. The zero-order chi connectivity index (χ0) is 14.3. The lowest BCUT2D eigenvalue weighted by Gasteiger charge is -2.08. The van der Waals surface area contributed by atoms with E-state index in [1.165, 1.54) is 13.3 Å². The second-order valence-electron chi connectivity index (χ2n) is 3.28. The minimum Gasteiger partial charge on any atom is -0.481 e. The number of carbonyl (C=O) groups excluding carboxylic acids is 2. The van der Waals surface area contributed by atoms with Gasteiger partial charge in [0.25, 0.3) is 0 Å². The van der Waals surface area contributed by atoms with Gasteiger partial charge in [-0.1, -0.05) is 15.9 Å². The van der Waals surface area contributed by atoms with Crippen LogP contribution in [0.15, 0.2) is 27.8 Å². The van der Waals surface area contributed by atoms with Crippen molar-refractivity contribution in [3.8, 4) is 5.75 Å². The van der Waals surface area contributed by atoms with Crippen LogP contribution in [-0.2, 0) is 9.53 Å². The minimum absolute atomic E-state index is 0.220. The number of urea groups is 1. The van der Waals surface area contributed by atoms with Crippen molar-refractivity contribution in [3.05, 3.63) is 28.2 Å². The first-order chi connectivity index (χ1) is 9.02. The average Bonchev–Trinajstić information content (AvgIpc) is 2.37. The van der Waals surface area contributed by atoms with Crippen molar-refractivity contribution in [2.75, 3.05) is 13.7 Å². The zero-order valence-corrected chi connectivity index (χ0v) is 11.6. The Kier molecular flexibility index (Phi) is 5.80. The van der Waals surface area contributed by atoms with Gasteiger partial charge < -0.3 is 15.2 Å². The van der Waals surface area contributed by atoms with E-state index >= 15 is 0 Å². The average molecular weight is 330 g/mol. The number of nitrogens with one attached hydrogen (secondary N) is 1. The Bertz CT molecular complexity index is 505. The summed E-state index contributed by atoms with van der Waals surface area (Å²) < 4.78 is 10.5. The summed E-state index contributed by atoms with van der Waals surface area (Å²) in [5.74, 6) is -0.0790. The van der Waals surface area contributed by atoms with Gasteiger partial charge in [0.2, 0.25) is 0 Å². The minimum atomic E-state index is -0.775. The molecule has 0 unspecified atom stereocenters. The summed E-state index contributed by atoms with van der Waals surface area (Å²) >= 11 is 3.29. The van der Waals surface area contributed by atoms with Crippen molar-refractivity contribution in [1.82, 2.24) is 5.43 Å². The molecule has 7 nitrogen and oxygen atoms in total. The maximum absolute atomic E-state index is 11.0. The molecule has 0 aliphatic rings. The van der Waals surface area contributed by atoms with Crippen LogP contribution in [-0.4, -0.2) is 31.9 Å². The molecule has 0 fully saturated rings. The van der Waals surface area contributed by atoms with Crippen molar-refractivity contribution in [3.63, 3.8) is 0 Å². The van der Waals surface area contributed by atoms with E-state index in [1.807, 2.05) is 0 Å². The van der Waals surface area contributed by atoms with E-state index in [0.29, 0.717) is 11.3 Å². The standard InChI is InChI=1S/C11H12BrN3O4/c1-18-10(16)6-19-9-3-2-8(12)4-7(9)5-14-15-11(13)17/h2-5H,6H2,1H3,(H3,13,15,17). The first-order valence-corrected chi connectivity index (χ1v) is 5.90. The molecular weight excluding hydrogens is 318 g/mol. The van der Waals surface area contributed by atoms with Crippen molar-refractivity contribution >= 4 is 34.1 Å². The third-order valence-electron chi connectivity index (χ3n) is 1.92. The maximum atomic E-state index is 11.0. The highest BCUT2D eigenvalue weighted by molar-refractivity contribution is 9.10. The molecule has 1 aromatic rings. The highest BCUT2D eigenvalue weighted by Gasteiger charge is 2.06. The lowest BCUT2D eigenvalue weighted by atomic mass is 10.2. The number of amides is 2. The molecule has 0 spiro atoms. The highest BCUT2D eigenvalue weighted by atomic mass is 79.9. The van der Waals surface area contributed by atoms with E-state index in [1.54, 1.807) is 18.2 Å². The summed E-state index contributed by atoms with van der Waals surface area (Å²) in [5.41, 5.74) is 7.50. The van der Waals surface area contributed by atoms with Gasteiger partial charge in [0, 0.05) is 10.0 Å². The molecule has 0 aliphatic carbocycles. The van der Waals surface area contributed by atoms with Crippen molar-refractivity contribution in [2.45, 2.75) is 0 Å². The first kappa shape index (κ1) is 15.0. The maximum Gasteiger partial charge on any atom is 0.343 e. The predicted molar refractivity (Wildman–Crippen MR) is 72.0 cm³/mol. The number of ether oxygens (including phenoxy) is 2. The number of carbonyl (C=O) groups is 2. The molecular formula is C11H12BrN3O4. The molecule has 0 radical (unpaired) electrons. The topological polar surface area (TPSA) is 103 Å². The van der Waals surface area contributed by atoms with Crippen LogP contribution in [0, 0.1) is 0 Å². The number of nitrogens with zero attached hydrogens (tertiary/aromatic N) is 1. The molecule has 0 bridgehead atoms. The number of halogens is 1. The Morgan fingerprint density at radius 2 is 2.26 bits per heavy atom. The number of esters is 1. The summed E-state index contributed by atoms with van der Waals surface area (Å²) in [4.78, 5) is 21.5. The second kappa shape index (κ2) is 7.37. The molecule has 0 heterocycles. The van der Waals surface area contributed by atoms with Gasteiger partial charge in [-0.25, -0.2) is 15.0 Å². The molecule has 0 saturated carbocycles. The van der Waals surface area contributed by atoms with Crippen molar-refractivity contribution in [1.29, 1.82) is 0 Å². The van der Waals surface area contributed by atoms with Gasteiger partial charge in [-0.3, -0.25) is 0 Å². The number of primary amides is 1. The molecule has 102 valence electrons. The summed E-state index contributed by atoms with van der Waals surface area (Å²) in [6, 6.07) is 4.33. The largest absolute Gasteiger partial charge is 0.481 e. The Labute approximate surface area is 117 Å². The molecule has 0 saturated heterocycles. The molecule has 0 aromatic heterocycles. The zero-order valence-electron chi connectivity index (χ0n) is 10.1. The molecule has 2 amide bonds. The van der Waals surface area contributed by atoms with Crippen LogP contribution in [0.3, 0.4) is 0 Å². The number of methoxy groups -OCH3 is 1. The second-order valence-corrected chi connectivity index (χ2v) is 4.20. The smallest absolute Gasteiger partial charge is 0.343 e. The Morgan fingerprint density at radius 1 is 1.53 bits per heavy atom. The van der Waals surface area contributed by atoms with Gasteiger partial charge in [0.15, 0.2) is 6.61 Å². The summed E-state index contributed by atoms with van der Waals surface area (Å²) in [6.07, 6.45) is 1.35. The van der Waals surface area contributed by atoms with Gasteiger partial charge in [-0.2, -0.15) is 5.10 Å². The van der Waals surface area contributed by atoms with E-state index in [2.05, 4.69) is 31.2 Å². The van der Waals surface area contributed by atoms with Crippen LogP contribution in [0.25, 0.3) is 0 Å². The van der Waals surface area contributed by atoms with Gasteiger partial charge in [0.05, 0.1) is 13.3 Å². The fourth-order valence-corrected chi connectivity index (χ4v) is 1.49. The van der Waals surface area contributed by atoms with Crippen molar-refractivity contribution < 1.29 is 19.1 Å². The number of benzene rings is 1. The number of nitrogens with two attached hydrogens (primary N) is 1. The fourth-order valence-electron chi connectivity index (χ4n) is 1.11. The summed E-state index contributed by atoms with van der Waals surface area (Å²) in [5, 5.41) is 3.62. The quantitative estimate of drug-likeness (QED) is 0.478. The van der Waals surface area contributed by atoms with Crippen LogP contribution in [0.2, 0.25) is 0 Å². The number of rotatable bonds is 5. The number of hydrazone groups is 1. The van der Waals surface area contributed by atoms with Gasteiger partial charge >= 0.3 is 12.0 Å². The Morgan fingerprint density at radius 3 is 2.89 bits per heavy atom. The Balaban J connectivity index is 2.82. The molecule has 0 aliphatic heterocycles. The highest BCUT2D eigenvalue weighted by Crippen LogP contribution is 2.21. The van der Waals surface area contributed by atoms with E-state index in [0.717, 1.165) is 4.47 Å². The number of hydrogen-bond acceptors (Lipinski definition) is 5. The van der Waals surface area contributed by atoms with E-state index in [-0.39, 0.29) is 6.61 Å². The van der Waals surface area contributed by atoms with Crippen LogP contribution in [0.4, 0.5) is 4.79 Å². The summed E-state index contributed by atoms with van der Waals surface area (Å²) in [6.45, 7) is -0.220. The fraction of sp³-hybridized carbons (Fsp3) is 0.182. The van der Waals surface area contributed by atoms with Gasteiger partial charge in [-0.05, 0) is 18.2 Å². The third kappa shape index (κ3) is 5.38. The molecule has 19 heavy (non-hydrogen) atoms. The normalized spacial score (nSPS) is 10.2. The monoisotopic (exact) mass is 329 g/mol. The molecule has 0 atom stereocenters. The van der Waals surface area contributed by atoms with E-state index < -0.39 is 12.0 Å². The SMILES string of the molecule is COC(=O)COc1ccc(Br)cc1C=NNC(N)=O. The molecule has 1 rings (SSSR count). The van der Waals surface area contributed by atoms with Crippen LogP contribution < -0.4 is 15.9 Å². The lowest BCUT2D eigenvalue weighted by Crippen LogP contribution is -2.24. The van der Waals surface area contributed by atoms with E-state index in [4.69, 9.17) is 10.5 Å². The van der Waals surface area contributed by atoms with Crippen LogP contribution >= 0.6 is 15.9 Å². The van der Waals surface area contributed by atoms with Gasteiger partial charge in [0.1, 0.15) is 5.75 Å². The molecule has 8 heteroatoms. The van der Waals surface area contributed by atoms with Crippen molar-refractivity contribution in [2.24, 2.45) is 10.8 Å². The summed E-state index contributed by atoms with van der Waals surface area (Å²) in [7, 11) is 1.27. The predicted octanol–water partition coefficient (Wildman–Crippen LogP) is 1.00. The first-order valence-electron chi connectivity index (χ1n) is 5.10. The lowest BCUT2D eigenvalue weighted by molar-refractivity contribution is -0.142. The molecule has 1 aromatic carbocycles. The van der Waals surface area contributed by atoms with Crippen LogP contribution in [0.5, 0.6) is 5.75 Å². The van der Waals surface area contributed by atoms with Gasteiger partial charge in [-0.15, -0.1) is 0 Å².